The third-order valence-electron chi connectivity index (χ3n) is 1.51. The molecule has 0 saturated carbocycles. The van der Waals surface area contributed by atoms with Gasteiger partial charge in [0.2, 0.25) is 0 Å². The van der Waals surface area contributed by atoms with Crippen molar-refractivity contribution in [2.45, 2.75) is 25.9 Å². The highest BCUT2D eigenvalue weighted by molar-refractivity contribution is 5.22. The van der Waals surface area contributed by atoms with Gasteiger partial charge in [0.05, 0.1) is 11.3 Å². The SMILES string of the molecule is CC(C)(O)c1n[c]ncc1C(F)F. The van der Waals surface area contributed by atoms with Gasteiger partial charge in [-0.25, -0.2) is 18.7 Å². The molecular formula is C8H9F2N2O. The van der Waals surface area contributed by atoms with Crippen molar-refractivity contribution in [3.8, 4) is 0 Å². The van der Waals surface area contributed by atoms with Crippen molar-refractivity contribution in [1.29, 1.82) is 0 Å². The second kappa shape index (κ2) is 3.33. The molecule has 1 aromatic heterocycles. The van der Waals surface area contributed by atoms with Crippen LogP contribution in [-0.4, -0.2) is 15.1 Å². The minimum Gasteiger partial charge on any atom is -0.384 e. The first-order valence-electron chi connectivity index (χ1n) is 3.67. The first kappa shape index (κ1) is 9.98. The van der Waals surface area contributed by atoms with Gasteiger partial charge in [0, 0.05) is 6.20 Å². The Morgan fingerprint density at radius 2 is 2.15 bits per heavy atom. The van der Waals surface area contributed by atoms with Crippen molar-refractivity contribution < 1.29 is 13.9 Å². The summed E-state index contributed by atoms with van der Waals surface area (Å²) < 4.78 is 24.7. The van der Waals surface area contributed by atoms with Crippen LogP contribution in [0.25, 0.3) is 0 Å². The zero-order chi connectivity index (χ0) is 10.1. The fraction of sp³-hybridized carbons (Fsp3) is 0.500. The molecule has 1 aromatic rings. The molecule has 5 heteroatoms. The number of rotatable bonds is 2. The number of aliphatic hydroxyl groups is 1. The van der Waals surface area contributed by atoms with E-state index in [-0.39, 0.29) is 11.3 Å². The van der Waals surface area contributed by atoms with Crippen LogP contribution in [0.2, 0.25) is 0 Å². The summed E-state index contributed by atoms with van der Waals surface area (Å²) in [6.45, 7) is 2.77. The van der Waals surface area contributed by atoms with E-state index in [1.165, 1.54) is 13.8 Å². The third-order valence-corrected chi connectivity index (χ3v) is 1.51. The molecule has 0 saturated heterocycles. The molecule has 0 aromatic carbocycles. The number of aromatic nitrogens is 2. The van der Waals surface area contributed by atoms with Gasteiger partial charge in [0.15, 0.2) is 6.33 Å². The average Bonchev–Trinajstić information content (AvgIpc) is 2.03. The van der Waals surface area contributed by atoms with Crippen LogP contribution in [0.15, 0.2) is 6.20 Å². The van der Waals surface area contributed by atoms with Crippen LogP contribution in [0.3, 0.4) is 0 Å². The van der Waals surface area contributed by atoms with E-state index < -0.39 is 12.0 Å². The van der Waals surface area contributed by atoms with Crippen LogP contribution in [0.5, 0.6) is 0 Å². The summed E-state index contributed by atoms with van der Waals surface area (Å²) >= 11 is 0. The molecule has 3 nitrogen and oxygen atoms in total. The van der Waals surface area contributed by atoms with Crippen LogP contribution >= 0.6 is 0 Å². The van der Waals surface area contributed by atoms with E-state index in [1.807, 2.05) is 0 Å². The van der Waals surface area contributed by atoms with E-state index in [2.05, 4.69) is 16.3 Å². The van der Waals surface area contributed by atoms with Crippen LogP contribution in [0, 0.1) is 6.33 Å². The van der Waals surface area contributed by atoms with Crippen LogP contribution in [0.4, 0.5) is 8.78 Å². The smallest absolute Gasteiger partial charge is 0.267 e. The zero-order valence-corrected chi connectivity index (χ0v) is 7.25. The predicted molar refractivity (Wildman–Crippen MR) is 41.1 cm³/mol. The summed E-state index contributed by atoms with van der Waals surface area (Å²) in [7, 11) is 0. The summed E-state index contributed by atoms with van der Waals surface area (Å²) in [5, 5.41) is 9.48. The van der Waals surface area contributed by atoms with E-state index in [4.69, 9.17) is 0 Å². The molecule has 13 heavy (non-hydrogen) atoms. The highest BCUT2D eigenvalue weighted by Crippen LogP contribution is 2.27. The van der Waals surface area contributed by atoms with E-state index in [9.17, 15) is 13.9 Å². The first-order valence-corrected chi connectivity index (χ1v) is 3.67. The second-order valence-electron chi connectivity index (χ2n) is 3.13. The summed E-state index contributed by atoms with van der Waals surface area (Å²) in [4.78, 5) is 6.86. The van der Waals surface area contributed by atoms with Crippen molar-refractivity contribution in [2.75, 3.05) is 0 Å². The summed E-state index contributed by atoms with van der Waals surface area (Å²) in [5.41, 5.74) is -1.84. The minimum absolute atomic E-state index is 0.0856. The Balaban J connectivity index is 3.20. The van der Waals surface area contributed by atoms with Gasteiger partial charge < -0.3 is 5.11 Å². The Bertz CT molecular complexity index is 296. The van der Waals surface area contributed by atoms with Gasteiger partial charge in [-0.15, -0.1) is 0 Å². The Hall–Kier alpha value is -1.10. The monoisotopic (exact) mass is 187 g/mol. The van der Waals surface area contributed by atoms with E-state index in [0.29, 0.717) is 0 Å². The van der Waals surface area contributed by atoms with Crippen LogP contribution < -0.4 is 0 Å². The first-order chi connectivity index (χ1) is 5.93. The maximum atomic E-state index is 12.4. The fourth-order valence-electron chi connectivity index (χ4n) is 0.953. The van der Waals surface area contributed by atoms with Gasteiger partial charge in [-0.3, -0.25) is 0 Å². The fourth-order valence-corrected chi connectivity index (χ4v) is 0.953. The number of alkyl halides is 2. The molecule has 0 atom stereocenters. The van der Waals surface area contributed by atoms with Gasteiger partial charge >= 0.3 is 0 Å². The molecule has 0 bridgehead atoms. The average molecular weight is 187 g/mol. The molecule has 1 N–H and O–H groups in total. The number of hydrogen-bond donors (Lipinski definition) is 1. The summed E-state index contributed by atoms with van der Waals surface area (Å²) in [5.74, 6) is 0. The van der Waals surface area contributed by atoms with Gasteiger partial charge in [-0.1, -0.05) is 0 Å². The standard InChI is InChI=1S/C8H9F2N2O/c1-8(2,13)6-5(7(9)10)3-11-4-12-6/h3,7,13H,1-2H3. The van der Waals surface area contributed by atoms with Gasteiger partial charge in [0.25, 0.3) is 6.43 Å². The third kappa shape index (κ3) is 2.18. The van der Waals surface area contributed by atoms with E-state index in [0.717, 1.165) is 6.20 Å². The number of halogens is 2. The van der Waals surface area contributed by atoms with Crippen molar-refractivity contribution in [3.63, 3.8) is 0 Å². The molecule has 71 valence electrons. The predicted octanol–water partition coefficient (Wildman–Crippen LogP) is 1.44. The highest BCUT2D eigenvalue weighted by Gasteiger charge is 2.25. The second-order valence-corrected chi connectivity index (χ2v) is 3.13. The summed E-state index contributed by atoms with van der Waals surface area (Å²) in [6, 6.07) is 0. The molecule has 1 heterocycles. The zero-order valence-electron chi connectivity index (χ0n) is 7.25. The van der Waals surface area contributed by atoms with Crippen molar-refractivity contribution in [2.24, 2.45) is 0 Å². The Morgan fingerprint density at radius 1 is 1.54 bits per heavy atom. The van der Waals surface area contributed by atoms with Gasteiger partial charge in [0.1, 0.15) is 5.60 Å². The molecule has 1 radical (unpaired) electrons. The summed E-state index contributed by atoms with van der Waals surface area (Å²) in [6.07, 6.45) is 0.448. The highest BCUT2D eigenvalue weighted by atomic mass is 19.3. The molecule has 1 rings (SSSR count). The largest absolute Gasteiger partial charge is 0.384 e. The van der Waals surface area contributed by atoms with E-state index >= 15 is 0 Å². The Kier molecular flexibility index (Phi) is 2.56. The topological polar surface area (TPSA) is 46.0 Å². The molecule has 0 aliphatic rings. The Labute approximate surface area is 74.5 Å². The number of nitrogens with zero attached hydrogens (tertiary/aromatic N) is 2. The molecular weight excluding hydrogens is 178 g/mol. The van der Waals surface area contributed by atoms with Gasteiger partial charge in [-0.05, 0) is 13.8 Å². The van der Waals surface area contributed by atoms with Crippen molar-refractivity contribution in [3.05, 3.63) is 23.8 Å². The van der Waals surface area contributed by atoms with Crippen molar-refractivity contribution in [1.82, 2.24) is 9.97 Å². The van der Waals surface area contributed by atoms with Gasteiger partial charge in [-0.2, -0.15) is 0 Å². The van der Waals surface area contributed by atoms with Crippen LogP contribution in [0.1, 0.15) is 31.5 Å². The van der Waals surface area contributed by atoms with Crippen molar-refractivity contribution >= 4 is 0 Å². The quantitative estimate of drug-likeness (QED) is 0.762. The lowest BCUT2D eigenvalue weighted by Gasteiger charge is -2.18. The van der Waals surface area contributed by atoms with Crippen LogP contribution in [-0.2, 0) is 5.60 Å². The molecule has 0 unspecified atom stereocenters. The lowest BCUT2D eigenvalue weighted by molar-refractivity contribution is 0.0647. The Morgan fingerprint density at radius 3 is 2.54 bits per heavy atom. The lowest BCUT2D eigenvalue weighted by atomic mass is 10.0. The molecule has 0 aliphatic heterocycles. The molecule has 0 amide bonds. The molecule has 0 aliphatic carbocycles. The molecule has 0 fully saturated rings. The normalized spacial score (nSPS) is 12.2. The maximum Gasteiger partial charge on any atom is 0.267 e. The maximum absolute atomic E-state index is 12.4. The number of hydrogen-bond acceptors (Lipinski definition) is 3. The lowest BCUT2D eigenvalue weighted by Crippen LogP contribution is -2.20. The van der Waals surface area contributed by atoms with E-state index in [1.54, 1.807) is 0 Å². The molecule has 0 spiro atoms. The minimum atomic E-state index is -2.68.